The Morgan fingerprint density at radius 3 is 1.04 bits per heavy atom. The van der Waals surface area contributed by atoms with Gasteiger partial charge in [-0.25, -0.2) is 8.78 Å². The summed E-state index contributed by atoms with van der Waals surface area (Å²) >= 11 is 0. The molecule has 2 heterocycles. The number of phenolic OH excluding ortho intramolecular Hbond substituents is 2. The second-order valence-electron chi connectivity index (χ2n) is 43.7. The molecule has 0 saturated carbocycles. The smallest absolute Gasteiger partial charge is 0.147 e. The first-order chi connectivity index (χ1) is 54.4. The van der Waals surface area contributed by atoms with Crippen LogP contribution in [0.3, 0.4) is 0 Å². The van der Waals surface area contributed by atoms with Gasteiger partial charge < -0.3 is 28.8 Å². The van der Waals surface area contributed by atoms with Crippen LogP contribution in [0.15, 0.2) is 121 Å². The fraction of sp³-hybridized carbons (Fsp3) is 0.525. The van der Waals surface area contributed by atoms with Crippen LogP contribution in [0.4, 0.5) is 8.78 Å². The number of hydrogen-bond acceptors (Lipinski definition) is 4. The molecule has 0 fully saturated rings. The van der Waals surface area contributed by atoms with E-state index in [1.807, 2.05) is 13.8 Å². The van der Waals surface area contributed by atoms with Crippen LogP contribution in [0.25, 0.3) is 77.2 Å². The lowest BCUT2D eigenvalue weighted by atomic mass is 9.71. The summed E-state index contributed by atoms with van der Waals surface area (Å²) in [5.41, 5.74) is 9.96. The number of nitrogens with zero attached hydrogens (tertiary/aromatic N) is 2. The third kappa shape index (κ3) is 19.1. The van der Waals surface area contributed by atoms with Crippen LogP contribution >= 0.6 is 0 Å². The second-order valence-corrected chi connectivity index (χ2v) is 64.2. The molecule has 117 heavy (non-hydrogen) atoms. The van der Waals surface area contributed by atoms with Gasteiger partial charge in [-0.1, -0.05) is 335 Å². The number of phenols is 2. The number of halogens is 2. The molecule has 0 radical (unpaired) electrons. The zero-order valence-corrected chi connectivity index (χ0v) is 82.6. The maximum absolute atomic E-state index is 16.8. The van der Waals surface area contributed by atoms with E-state index in [4.69, 9.17) is 9.47 Å². The largest absolute Gasteiger partial charge is 0.505 e. The predicted octanol–water partition coefficient (Wildman–Crippen LogP) is 24.3. The average molecular weight is 1650 g/mol. The molecule has 6 nitrogen and oxygen atoms in total. The highest BCUT2D eigenvalue weighted by atomic mass is 28.3. The lowest BCUT2D eigenvalue weighted by Crippen LogP contribution is -2.62. The van der Waals surface area contributed by atoms with Gasteiger partial charge in [0.15, 0.2) is 0 Å². The van der Waals surface area contributed by atoms with Crippen molar-refractivity contribution in [3.8, 4) is 56.6 Å². The fourth-order valence-corrected chi connectivity index (χ4v) is 36.9. The molecule has 0 atom stereocenters. The lowest BCUT2D eigenvalue weighted by Gasteiger charge is -2.50. The third-order valence-corrected chi connectivity index (χ3v) is 51.3. The molecule has 0 amide bonds. The molecule has 0 aliphatic heterocycles. The Morgan fingerprint density at radius 2 is 0.692 bits per heavy atom. The monoisotopic (exact) mass is 1650 g/mol. The number of aromatic nitrogens is 2. The number of unbranched alkanes of at least 4 members (excludes halogenated alkanes) is 5. The molecule has 0 saturated heterocycles. The Hall–Kier alpha value is -6.45. The molecule has 0 bridgehead atoms. The van der Waals surface area contributed by atoms with Crippen molar-refractivity contribution in [2.45, 2.75) is 320 Å². The Balaban J connectivity index is 1.13. The molecule has 628 valence electrons. The minimum Gasteiger partial charge on any atom is -0.505 e. The number of aryl methyl sites for hydroxylation is 2. The first kappa shape index (κ1) is 92.8. The number of fused-ring (bicyclic) bond motifs is 6. The molecular formula is C101H148B4F2N2O4Si4. The Labute approximate surface area is 714 Å². The Kier molecular flexibility index (Phi) is 27.9. The summed E-state index contributed by atoms with van der Waals surface area (Å²) in [6.45, 7) is 60.5. The Morgan fingerprint density at radius 1 is 0.368 bits per heavy atom. The van der Waals surface area contributed by atoms with E-state index < -0.39 is 54.2 Å². The summed E-state index contributed by atoms with van der Waals surface area (Å²) in [4.78, 5) is 0. The summed E-state index contributed by atoms with van der Waals surface area (Å²) in [7, 11) is 1.62. The van der Waals surface area contributed by atoms with Crippen molar-refractivity contribution in [1.29, 1.82) is 0 Å². The highest BCUT2D eigenvalue weighted by Crippen LogP contribution is 2.53. The van der Waals surface area contributed by atoms with Crippen molar-refractivity contribution in [1.82, 2.24) is 9.13 Å². The van der Waals surface area contributed by atoms with E-state index in [0.29, 0.717) is 62.7 Å². The molecule has 0 unspecified atom stereocenters. The predicted molar refractivity (Wildman–Crippen MR) is 528 cm³/mol. The van der Waals surface area contributed by atoms with Crippen molar-refractivity contribution in [3.63, 3.8) is 0 Å². The van der Waals surface area contributed by atoms with Crippen molar-refractivity contribution in [2.75, 3.05) is 13.2 Å². The van der Waals surface area contributed by atoms with Crippen LogP contribution in [0, 0.1) is 36.3 Å². The van der Waals surface area contributed by atoms with Crippen LogP contribution in [-0.2, 0) is 10.8 Å². The maximum atomic E-state index is 16.8. The van der Waals surface area contributed by atoms with Crippen LogP contribution in [0.2, 0.25) is 45.3 Å². The molecule has 2 aromatic heterocycles. The Bertz CT molecular complexity index is 5190. The van der Waals surface area contributed by atoms with Gasteiger partial charge in [0, 0.05) is 58.0 Å². The van der Waals surface area contributed by atoms with E-state index in [-0.39, 0.29) is 50.7 Å². The van der Waals surface area contributed by atoms with Gasteiger partial charge >= 0.3 is 0 Å². The van der Waals surface area contributed by atoms with Crippen molar-refractivity contribution < 1.29 is 28.5 Å². The van der Waals surface area contributed by atoms with Crippen molar-refractivity contribution >= 4 is 126 Å². The number of rotatable bonds is 33. The van der Waals surface area contributed by atoms with Gasteiger partial charge in [0.2, 0.25) is 0 Å². The molecule has 10 rings (SSSR count). The maximum Gasteiger partial charge on any atom is 0.147 e. The van der Waals surface area contributed by atoms with Crippen LogP contribution < -0.4 is 30.2 Å². The molecule has 8 aromatic carbocycles. The minimum atomic E-state index is -2.35. The van der Waals surface area contributed by atoms with E-state index >= 15 is 8.78 Å². The number of aromatic hydroxyl groups is 2. The number of benzene rings is 8. The molecule has 10 aromatic rings. The number of ether oxygens (including phenoxy) is 2. The first-order valence-electron chi connectivity index (χ1n) is 45.2. The van der Waals surface area contributed by atoms with E-state index in [2.05, 4.69) is 302 Å². The van der Waals surface area contributed by atoms with Gasteiger partial charge in [0.25, 0.3) is 0 Å². The molecule has 0 aliphatic carbocycles. The normalized spacial score (nSPS) is 13.5. The van der Waals surface area contributed by atoms with Gasteiger partial charge in [-0.05, 0) is 153 Å². The lowest BCUT2D eigenvalue weighted by molar-refractivity contribution is 0.246. The summed E-state index contributed by atoms with van der Waals surface area (Å²) in [6, 6.07) is 50.3. The summed E-state index contributed by atoms with van der Waals surface area (Å²) in [5.74, 6) is 0.258. The van der Waals surface area contributed by atoms with E-state index in [1.165, 1.54) is 120 Å². The van der Waals surface area contributed by atoms with Gasteiger partial charge in [0.1, 0.15) is 49.5 Å². The molecular weight excluding hydrogens is 1500 g/mol. The van der Waals surface area contributed by atoms with E-state index in [0.717, 1.165) is 75.0 Å². The highest BCUT2D eigenvalue weighted by Gasteiger charge is 2.50. The molecule has 0 spiro atoms. The van der Waals surface area contributed by atoms with E-state index in [1.54, 1.807) is 12.1 Å². The minimum absolute atomic E-state index is 0.00840. The zero-order valence-electron chi connectivity index (χ0n) is 78.6. The quantitative estimate of drug-likeness (QED) is 0.0318. The first-order valence-corrected chi connectivity index (χ1v) is 56.2. The third-order valence-electron chi connectivity index (χ3n) is 28.2. The van der Waals surface area contributed by atoms with Gasteiger partial charge in [-0.3, -0.25) is 0 Å². The standard InChI is InChI=1S/C101H148B4F2N2O4Si4/c1-27-32-48-114(49-33-28-2,50-34-29-3)73-38-42-77-80-45-41-76(117(104,105)99(20,21)22)64-88(80)108(85(77)61-73)89-57-69(100(23,24)65-95(8,9)10)55-81(91(89)110)83-59-71(106)53-67(6)93(83)112-46-37-47-113-94-68(7)54-72(107)60-84(94)82-56-70(101(25,26)66-96(11,12)13)58-90(92(82)111)109-86-62-74(115(102,51-35-30-4)52-36-31-5)39-43-78(86)79-44-40-75(63-87(79)109)116(103,97(14,15)16)98(17,18)19/h38-45,53-64,110-111H,27-37,46-52,65-66,102-105H2,1-26H3. The zero-order chi connectivity index (χ0) is 86.5. The van der Waals surface area contributed by atoms with E-state index in [9.17, 15) is 10.2 Å². The van der Waals surface area contributed by atoms with Crippen LogP contribution in [0.5, 0.6) is 23.0 Å². The van der Waals surface area contributed by atoms with Crippen molar-refractivity contribution in [3.05, 3.63) is 155 Å². The molecule has 2 N–H and O–H groups in total. The summed E-state index contributed by atoms with van der Waals surface area (Å²) in [6.07, 6.45) is 13.9. The highest BCUT2D eigenvalue weighted by molar-refractivity contribution is 7.48. The fourth-order valence-electron chi connectivity index (χ4n) is 20.6. The van der Waals surface area contributed by atoms with Crippen molar-refractivity contribution in [2.24, 2.45) is 10.8 Å². The topological polar surface area (TPSA) is 68.8 Å². The van der Waals surface area contributed by atoms with Crippen LogP contribution in [0.1, 0.15) is 272 Å². The number of hydrogen-bond donors (Lipinski definition) is 2. The molecule has 0 aliphatic rings. The average Bonchev–Trinajstić information content (AvgIpc) is 1.62. The SMILES string of the molecule is B[Si](CCCC)(CCCC)c1ccc2c3ccc([Si](B)(C(C)(C)C)C(C)(C)C)cc3n(-c3cc(C(C)(C)CC(C)(C)C)cc(-c4cc(F)cc(C)c4OCCCOc4c(C)cc(F)cc4-c4cc(C(C)(C)CC(C)(C)C)cc(-n5c6cc([Si](CCCC)(CCCC)CCCC)ccc6c6ccc([Si](B)(B)C(C)(C)C)cc65)c4O)c3O)c2c1. The van der Waals surface area contributed by atoms with Gasteiger partial charge in [-0.15, -0.1) is 0 Å². The summed E-state index contributed by atoms with van der Waals surface area (Å²) < 4.78 is 52.6. The van der Waals surface area contributed by atoms with Gasteiger partial charge in [-0.2, -0.15) is 0 Å². The molecule has 16 heteroatoms. The summed E-state index contributed by atoms with van der Waals surface area (Å²) in [5, 5.41) is 38.1. The van der Waals surface area contributed by atoms with Gasteiger partial charge in [0.05, 0.1) is 85.5 Å². The second kappa shape index (κ2) is 35.2. The van der Waals surface area contributed by atoms with Crippen LogP contribution in [-0.4, -0.2) is 94.1 Å².